The molecule has 0 spiro atoms. The van der Waals surface area contributed by atoms with E-state index in [2.05, 4.69) is 55.6 Å². The molecule has 0 aromatic heterocycles. The predicted molar refractivity (Wildman–Crippen MR) is 221 cm³/mol. The monoisotopic (exact) mass is 754 g/mol. The van der Waals surface area contributed by atoms with Crippen LogP contribution in [-0.2, 0) is 18.4 Å². The number of hydrogen-bond donors (Lipinski definition) is 3. The number of quaternary nitrogens is 1. The summed E-state index contributed by atoms with van der Waals surface area (Å²) in [6.45, 7) is 4.69. The Balaban J connectivity index is 4.43. The molecule has 0 aliphatic rings. The highest BCUT2D eigenvalue weighted by atomic mass is 31.2. The summed E-state index contributed by atoms with van der Waals surface area (Å²) in [5.74, 6) is -0.200. The molecule has 0 aliphatic carbocycles. The Morgan fingerprint density at radius 3 is 1.62 bits per heavy atom. The molecular formula is C43H82N2O6P+. The van der Waals surface area contributed by atoms with Crippen LogP contribution in [0, 0.1) is 0 Å². The SMILES string of the molecule is CCC/C=C/CC/C=C/CC/C=C/C(O)C(COP(=O)(O)OCC[N+](C)(C)C)NC(=O)CCCCCCCCC/C=C\CCCCCCCCCC. The minimum Gasteiger partial charge on any atom is -0.387 e. The van der Waals surface area contributed by atoms with Crippen molar-refractivity contribution in [1.29, 1.82) is 0 Å². The Kier molecular flexibility index (Phi) is 34.1. The number of carbonyl (C=O) groups is 1. The van der Waals surface area contributed by atoms with Crippen LogP contribution in [-0.4, -0.2) is 73.4 Å². The fraction of sp³-hybridized carbons (Fsp3) is 0.791. The number of hydrogen-bond acceptors (Lipinski definition) is 5. The van der Waals surface area contributed by atoms with E-state index in [0.29, 0.717) is 17.4 Å². The number of amides is 1. The predicted octanol–water partition coefficient (Wildman–Crippen LogP) is 11.3. The van der Waals surface area contributed by atoms with Crippen LogP contribution in [0.2, 0.25) is 0 Å². The number of phosphoric acid groups is 1. The van der Waals surface area contributed by atoms with Crippen molar-refractivity contribution in [3.8, 4) is 0 Å². The summed E-state index contributed by atoms with van der Waals surface area (Å²) >= 11 is 0. The normalized spacial score (nSPS) is 15.0. The van der Waals surface area contributed by atoms with E-state index in [1.165, 1.54) is 96.3 Å². The van der Waals surface area contributed by atoms with E-state index >= 15 is 0 Å². The molecule has 0 heterocycles. The van der Waals surface area contributed by atoms with Crippen LogP contribution in [0.1, 0.15) is 168 Å². The van der Waals surface area contributed by atoms with Gasteiger partial charge in [-0.15, -0.1) is 0 Å². The zero-order valence-corrected chi connectivity index (χ0v) is 35.2. The van der Waals surface area contributed by atoms with Crippen molar-refractivity contribution in [1.82, 2.24) is 5.32 Å². The third-order valence-corrected chi connectivity index (χ3v) is 9.96. The number of rotatable bonds is 37. The first-order chi connectivity index (χ1) is 25.0. The van der Waals surface area contributed by atoms with Crippen LogP contribution in [0.4, 0.5) is 0 Å². The van der Waals surface area contributed by atoms with E-state index in [1.54, 1.807) is 6.08 Å². The van der Waals surface area contributed by atoms with E-state index in [0.717, 1.165) is 51.4 Å². The van der Waals surface area contributed by atoms with Gasteiger partial charge in [0.1, 0.15) is 13.2 Å². The Morgan fingerprint density at radius 2 is 1.10 bits per heavy atom. The average molecular weight is 754 g/mol. The van der Waals surface area contributed by atoms with Gasteiger partial charge < -0.3 is 19.8 Å². The molecule has 0 rings (SSSR count). The molecule has 3 atom stereocenters. The molecule has 0 saturated heterocycles. The molecule has 304 valence electrons. The van der Waals surface area contributed by atoms with Crippen LogP contribution >= 0.6 is 7.82 Å². The minimum atomic E-state index is -4.34. The van der Waals surface area contributed by atoms with Crippen molar-refractivity contribution in [3.05, 3.63) is 48.6 Å². The van der Waals surface area contributed by atoms with Gasteiger partial charge in [0.05, 0.1) is 39.9 Å². The van der Waals surface area contributed by atoms with Crippen LogP contribution in [0.15, 0.2) is 48.6 Å². The van der Waals surface area contributed by atoms with E-state index < -0.39 is 20.0 Å². The lowest BCUT2D eigenvalue weighted by atomic mass is 10.1. The molecule has 0 aliphatic heterocycles. The Morgan fingerprint density at radius 1 is 0.635 bits per heavy atom. The molecule has 3 unspecified atom stereocenters. The number of aliphatic hydroxyl groups is 1. The van der Waals surface area contributed by atoms with Crippen molar-refractivity contribution in [2.24, 2.45) is 0 Å². The van der Waals surface area contributed by atoms with Gasteiger partial charge in [-0.05, 0) is 64.2 Å². The maximum Gasteiger partial charge on any atom is 0.472 e. The van der Waals surface area contributed by atoms with Gasteiger partial charge in [-0.1, -0.05) is 146 Å². The quantitative estimate of drug-likeness (QED) is 0.0252. The molecule has 0 aromatic rings. The molecule has 0 fully saturated rings. The van der Waals surface area contributed by atoms with Crippen molar-refractivity contribution < 1.29 is 32.9 Å². The molecular weight excluding hydrogens is 671 g/mol. The first-order valence-corrected chi connectivity index (χ1v) is 22.5. The molecule has 52 heavy (non-hydrogen) atoms. The maximum absolute atomic E-state index is 12.8. The second-order valence-electron chi connectivity index (χ2n) is 15.3. The van der Waals surface area contributed by atoms with Gasteiger partial charge in [-0.25, -0.2) is 4.57 Å². The maximum atomic E-state index is 12.8. The first-order valence-electron chi connectivity index (χ1n) is 21.0. The van der Waals surface area contributed by atoms with Crippen molar-refractivity contribution >= 4 is 13.7 Å². The minimum absolute atomic E-state index is 0.0513. The van der Waals surface area contributed by atoms with Crippen LogP contribution in [0.5, 0.6) is 0 Å². The highest BCUT2D eigenvalue weighted by molar-refractivity contribution is 7.47. The van der Waals surface area contributed by atoms with Crippen LogP contribution < -0.4 is 5.32 Å². The van der Waals surface area contributed by atoms with Crippen molar-refractivity contribution in [2.45, 2.75) is 180 Å². The molecule has 0 radical (unpaired) electrons. The summed E-state index contributed by atoms with van der Waals surface area (Å²) in [5.41, 5.74) is 0. The Bertz CT molecular complexity index is 991. The zero-order valence-electron chi connectivity index (χ0n) is 34.3. The highest BCUT2D eigenvalue weighted by Gasteiger charge is 2.27. The summed E-state index contributed by atoms with van der Waals surface area (Å²) in [5, 5.41) is 13.7. The number of likely N-dealkylation sites (N-methyl/N-ethyl adjacent to an activating group) is 1. The van der Waals surface area contributed by atoms with Gasteiger partial charge in [0.15, 0.2) is 0 Å². The fourth-order valence-electron chi connectivity index (χ4n) is 5.60. The average Bonchev–Trinajstić information content (AvgIpc) is 3.09. The summed E-state index contributed by atoms with van der Waals surface area (Å²) in [4.78, 5) is 23.0. The van der Waals surface area contributed by atoms with Crippen LogP contribution in [0.25, 0.3) is 0 Å². The van der Waals surface area contributed by atoms with Crippen LogP contribution in [0.3, 0.4) is 0 Å². The van der Waals surface area contributed by atoms with Gasteiger partial charge in [0.2, 0.25) is 5.91 Å². The summed E-state index contributed by atoms with van der Waals surface area (Å²) < 4.78 is 23.4. The third-order valence-electron chi connectivity index (χ3n) is 8.98. The number of phosphoric ester groups is 1. The van der Waals surface area contributed by atoms with Gasteiger partial charge in [0, 0.05) is 6.42 Å². The first kappa shape index (κ1) is 50.5. The standard InChI is InChI=1S/C43H81N2O6P/c1-6-8-10-12-14-16-18-19-20-21-22-23-24-25-27-29-31-33-35-37-43(47)44-41(40-51-52(48,49)50-39-38-45(3,4)5)42(46)36-34-32-30-28-26-17-15-13-11-9-7-2/h11,13,21-22,26,28,34,36,41-42,46H,6-10,12,14-20,23-25,27,29-33,35,37-40H2,1-5H3,(H-,44,47,48,49)/p+1/b13-11+,22-21-,28-26+,36-34+. The van der Waals surface area contributed by atoms with Gasteiger partial charge in [-0.2, -0.15) is 0 Å². The van der Waals surface area contributed by atoms with E-state index in [4.69, 9.17) is 9.05 Å². The van der Waals surface area contributed by atoms with E-state index in [9.17, 15) is 19.4 Å². The molecule has 0 aromatic carbocycles. The molecule has 1 amide bonds. The number of nitrogens with zero attached hydrogens (tertiary/aromatic N) is 1. The molecule has 3 N–H and O–H groups in total. The summed E-state index contributed by atoms with van der Waals surface area (Å²) in [7, 11) is 1.54. The largest absolute Gasteiger partial charge is 0.472 e. The number of unbranched alkanes of at least 4 members (excludes halogenated alkanes) is 18. The number of aliphatic hydroxyl groups excluding tert-OH is 1. The van der Waals surface area contributed by atoms with Crippen molar-refractivity contribution in [2.75, 3.05) is 40.9 Å². The zero-order chi connectivity index (χ0) is 38.6. The number of nitrogens with one attached hydrogen (secondary N) is 1. The molecule has 0 saturated carbocycles. The molecule has 8 nitrogen and oxygen atoms in total. The number of allylic oxidation sites excluding steroid dienone is 7. The Labute approximate surface area is 320 Å². The van der Waals surface area contributed by atoms with Gasteiger partial charge in [0.25, 0.3) is 0 Å². The molecule has 9 heteroatoms. The highest BCUT2D eigenvalue weighted by Crippen LogP contribution is 2.43. The number of carbonyl (C=O) groups excluding carboxylic acids is 1. The second kappa shape index (κ2) is 35.2. The van der Waals surface area contributed by atoms with Gasteiger partial charge >= 0.3 is 7.82 Å². The lowest BCUT2D eigenvalue weighted by Crippen LogP contribution is -2.45. The smallest absolute Gasteiger partial charge is 0.387 e. The fourth-order valence-corrected chi connectivity index (χ4v) is 6.34. The summed E-state index contributed by atoms with van der Waals surface area (Å²) in [6.07, 6.45) is 43.3. The lowest BCUT2D eigenvalue weighted by Gasteiger charge is -2.25. The van der Waals surface area contributed by atoms with Gasteiger partial charge in [-0.3, -0.25) is 13.8 Å². The third kappa shape index (κ3) is 36.8. The van der Waals surface area contributed by atoms with E-state index in [1.807, 2.05) is 27.2 Å². The second-order valence-corrected chi connectivity index (χ2v) is 16.8. The Hall–Kier alpha value is -1.54. The summed E-state index contributed by atoms with van der Waals surface area (Å²) in [6, 6.07) is -0.869. The van der Waals surface area contributed by atoms with E-state index in [-0.39, 0.29) is 19.1 Å². The molecule has 0 bridgehead atoms. The topological polar surface area (TPSA) is 105 Å². The van der Waals surface area contributed by atoms with Crippen molar-refractivity contribution in [3.63, 3.8) is 0 Å². The lowest BCUT2D eigenvalue weighted by molar-refractivity contribution is -0.870.